The summed E-state index contributed by atoms with van der Waals surface area (Å²) in [5, 5.41) is 16.4. The molecule has 0 amide bonds. The first kappa shape index (κ1) is 16.5. The lowest BCUT2D eigenvalue weighted by Crippen LogP contribution is -2.39. The molecule has 112 valence electrons. The Labute approximate surface area is 121 Å². The maximum atomic E-state index is 10.0. The molecule has 1 unspecified atom stereocenters. The highest BCUT2D eigenvalue weighted by Crippen LogP contribution is 2.15. The molecule has 0 aliphatic heterocycles. The van der Waals surface area contributed by atoms with Gasteiger partial charge in [-0.25, -0.2) is 0 Å². The van der Waals surface area contributed by atoms with Gasteiger partial charge in [-0.1, -0.05) is 30.3 Å². The monoisotopic (exact) mass is 279 g/mol. The second kappa shape index (κ2) is 10.2. The van der Waals surface area contributed by atoms with E-state index in [9.17, 15) is 5.11 Å². The smallest absolute Gasteiger partial charge is 0.191 e. The summed E-state index contributed by atoms with van der Waals surface area (Å²) in [5.41, 5.74) is 0.931. The number of hydrogen-bond donors (Lipinski definition) is 3. The van der Waals surface area contributed by atoms with Crippen molar-refractivity contribution in [3.63, 3.8) is 0 Å². The second-order valence-electron chi connectivity index (χ2n) is 4.40. The van der Waals surface area contributed by atoms with E-state index in [1.165, 1.54) is 0 Å². The predicted octanol–water partition coefficient (Wildman–Crippen LogP) is 1.31. The number of hydrogen-bond acceptors (Lipinski definition) is 3. The SMILES string of the molecule is CCNC(=NCCC(O)c1ccccc1)NCCOC. The second-order valence-corrected chi connectivity index (χ2v) is 4.40. The Balaban J connectivity index is 2.38. The molecule has 1 atom stereocenters. The van der Waals surface area contributed by atoms with Crippen LogP contribution < -0.4 is 10.6 Å². The Hall–Kier alpha value is -1.59. The van der Waals surface area contributed by atoms with Crippen LogP contribution in [0.15, 0.2) is 35.3 Å². The van der Waals surface area contributed by atoms with E-state index >= 15 is 0 Å². The van der Waals surface area contributed by atoms with Crippen molar-refractivity contribution < 1.29 is 9.84 Å². The molecule has 0 aliphatic carbocycles. The number of rotatable bonds is 8. The molecule has 20 heavy (non-hydrogen) atoms. The average Bonchev–Trinajstić information content (AvgIpc) is 2.48. The molecule has 0 aliphatic rings. The Morgan fingerprint density at radius 2 is 2.05 bits per heavy atom. The molecule has 0 radical (unpaired) electrons. The molecule has 0 aromatic heterocycles. The average molecular weight is 279 g/mol. The molecule has 3 N–H and O–H groups in total. The van der Waals surface area contributed by atoms with Crippen LogP contribution in [0.2, 0.25) is 0 Å². The van der Waals surface area contributed by atoms with E-state index in [1.807, 2.05) is 37.3 Å². The van der Waals surface area contributed by atoms with Crippen LogP contribution in [0.4, 0.5) is 0 Å². The normalized spacial score (nSPS) is 13.1. The van der Waals surface area contributed by atoms with Gasteiger partial charge in [-0.15, -0.1) is 0 Å². The van der Waals surface area contributed by atoms with Gasteiger partial charge in [0.1, 0.15) is 0 Å². The summed E-state index contributed by atoms with van der Waals surface area (Å²) >= 11 is 0. The third-order valence-electron chi connectivity index (χ3n) is 2.80. The minimum absolute atomic E-state index is 0.471. The van der Waals surface area contributed by atoms with Crippen LogP contribution in [0, 0.1) is 0 Å². The van der Waals surface area contributed by atoms with E-state index in [0.29, 0.717) is 26.1 Å². The van der Waals surface area contributed by atoms with Crippen LogP contribution in [0.25, 0.3) is 0 Å². The zero-order chi connectivity index (χ0) is 14.6. The summed E-state index contributed by atoms with van der Waals surface area (Å²) in [5.74, 6) is 0.754. The third-order valence-corrected chi connectivity index (χ3v) is 2.80. The van der Waals surface area contributed by atoms with Gasteiger partial charge >= 0.3 is 0 Å². The van der Waals surface area contributed by atoms with E-state index < -0.39 is 6.10 Å². The van der Waals surface area contributed by atoms with Gasteiger partial charge in [-0.3, -0.25) is 4.99 Å². The molecule has 0 saturated heterocycles. The molecule has 0 spiro atoms. The first-order chi connectivity index (χ1) is 9.77. The summed E-state index contributed by atoms with van der Waals surface area (Å²) in [7, 11) is 1.67. The topological polar surface area (TPSA) is 65.9 Å². The fraction of sp³-hybridized carbons (Fsp3) is 0.533. The van der Waals surface area contributed by atoms with Crippen molar-refractivity contribution in [2.24, 2.45) is 4.99 Å². The lowest BCUT2D eigenvalue weighted by atomic mass is 10.1. The van der Waals surface area contributed by atoms with Gasteiger partial charge < -0.3 is 20.5 Å². The van der Waals surface area contributed by atoms with Crippen LogP contribution in [0.5, 0.6) is 0 Å². The number of aliphatic hydroxyl groups excluding tert-OH is 1. The first-order valence-electron chi connectivity index (χ1n) is 7.02. The number of nitrogens with one attached hydrogen (secondary N) is 2. The van der Waals surface area contributed by atoms with Gasteiger partial charge in [-0.2, -0.15) is 0 Å². The van der Waals surface area contributed by atoms with Crippen molar-refractivity contribution in [3.05, 3.63) is 35.9 Å². The molecule has 1 aromatic carbocycles. The number of methoxy groups -OCH3 is 1. The molecule has 1 rings (SSSR count). The third kappa shape index (κ3) is 6.54. The van der Waals surface area contributed by atoms with Crippen LogP contribution >= 0.6 is 0 Å². The van der Waals surface area contributed by atoms with Gasteiger partial charge in [-0.05, 0) is 18.9 Å². The zero-order valence-corrected chi connectivity index (χ0v) is 12.3. The summed E-state index contributed by atoms with van der Waals surface area (Å²) in [6.45, 7) is 4.74. The van der Waals surface area contributed by atoms with Crippen molar-refractivity contribution in [2.75, 3.05) is 33.4 Å². The lowest BCUT2D eigenvalue weighted by molar-refractivity contribution is 0.170. The highest BCUT2D eigenvalue weighted by atomic mass is 16.5. The molecular weight excluding hydrogens is 254 g/mol. The van der Waals surface area contributed by atoms with Gasteiger partial charge in [0, 0.05) is 26.7 Å². The molecule has 0 heterocycles. The maximum Gasteiger partial charge on any atom is 0.191 e. The predicted molar refractivity (Wildman–Crippen MR) is 81.9 cm³/mol. The number of guanidine groups is 1. The Morgan fingerprint density at radius 3 is 2.70 bits per heavy atom. The summed E-state index contributed by atoms with van der Waals surface area (Å²) in [6.07, 6.45) is 0.131. The fourth-order valence-corrected chi connectivity index (χ4v) is 1.75. The molecule has 5 heteroatoms. The van der Waals surface area contributed by atoms with Gasteiger partial charge in [0.05, 0.1) is 12.7 Å². The molecule has 1 aromatic rings. The van der Waals surface area contributed by atoms with Crippen molar-refractivity contribution in [2.45, 2.75) is 19.4 Å². The number of aliphatic hydroxyl groups is 1. The van der Waals surface area contributed by atoms with E-state index in [1.54, 1.807) is 7.11 Å². The minimum atomic E-state index is -0.471. The number of aliphatic imine (C=N–C) groups is 1. The molecular formula is C15H25N3O2. The van der Waals surface area contributed by atoms with E-state index in [4.69, 9.17) is 4.74 Å². The number of ether oxygens (including phenoxy) is 1. The number of nitrogens with zero attached hydrogens (tertiary/aromatic N) is 1. The molecule has 0 bridgehead atoms. The van der Waals surface area contributed by atoms with E-state index in [2.05, 4.69) is 15.6 Å². The Bertz CT molecular complexity index is 382. The van der Waals surface area contributed by atoms with Crippen LogP contribution in [-0.2, 0) is 4.74 Å². The maximum absolute atomic E-state index is 10.0. The lowest BCUT2D eigenvalue weighted by Gasteiger charge is -2.12. The van der Waals surface area contributed by atoms with E-state index in [0.717, 1.165) is 18.1 Å². The van der Waals surface area contributed by atoms with Crippen LogP contribution in [0.1, 0.15) is 25.0 Å². The number of benzene rings is 1. The highest BCUT2D eigenvalue weighted by Gasteiger charge is 2.06. The van der Waals surface area contributed by atoms with Crippen molar-refractivity contribution in [1.29, 1.82) is 0 Å². The molecule has 5 nitrogen and oxygen atoms in total. The largest absolute Gasteiger partial charge is 0.388 e. The van der Waals surface area contributed by atoms with Crippen molar-refractivity contribution >= 4 is 5.96 Å². The summed E-state index contributed by atoms with van der Waals surface area (Å²) in [4.78, 5) is 4.43. The first-order valence-corrected chi connectivity index (χ1v) is 7.02. The van der Waals surface area contributed by atoms with Crippen LogP contribution in [0.3, 0.4) is 0 Å². The Kier molecular flexibility index (Phi) is 8.42. The van der Waals surface area contributed by atoms with Gasteiger partial charge in [0.2, 0.25) is 0 Å². The van der Waals surface area contributed by atoms with Crippen molar-refractivity contribution in [3.8, 4) is 0 Å². The van der Waals surface area contributed by atoms with Crippen LogP contribution in [-0.4, -0.2) is 44.4 Å². The molecule has 0 saturated carbocycles. The van der Waals surface area contributed by atoms with Crippen molar-refractivity contribution in [1.82, 2.24) is 10.6 Å². The quantitative estimate of drug-likeness (QED) is 0.381. The van der Waals surface area contributed by atoms with Gasteiger partial charge in [0.15, 0.2) is 5.96 Å². The summed E-state index contributed by atoms with van der Waals surface area (Å²) < 4.78 is 4.99. The molecule has 0 fully saturated rings. The van der Waals surface area contributed by atoms with Gasteiger partial charge in [0.25, 0.3) is 0 Å². The van der Waals surface area contributed by atoms with E-state index in [-0.39, 0.29) is 0 Å². The highest BCUT2D eigenvalue weighted by molar-refractivity contribution is 5.79. The standard InChI is InChI=1S/C15H25N3O2/c1-3-16-15(18-11-12-20-2)17-10-9-14(19)13-7-5-4-6-8-13/h4-8,14,19H,3,9-12H2,1-2H3,(H2,16,17,18). The Morgan fingerprint density at radius 1 is 1.30 bits per heavy atom. The zero-order valence-electron chi connectivity index (χ0n) is 12.3. The minimum Gasteiger partial charge on any atom is -0.388 e. The summed E-state index contributed by atoms with van der Waals surface area (Å²) in [6, 6.07) is 9.65. The fourth-order valence-electron chi connectivity index (χ4n) is 1.75.